The van der Waals surface area contributed by atoms with Crippen LogP contribution in [-0.4, -0.2) is 68.5 Å². The van der Waals surface area contributed by atoms with Crippen LogP contribution >= 0.6 is 0 Å². The summed E-state index contributed by atoms with van der Waals surface area (Å²) < 4.78 is 0. The highest BCUT2D eigenvalue weighted by atomic mass is 16.3. The molecular weight excluding hydrogens is 512 g/mol. The number of nitrogens with two attached hydrogens (primary N) is 1. The fourth-order valence-electron chi connectivity index (χ4n) is 6.68. The van der Waals surface area contributed by atoms with E-state index in [-0.39, 0.29) is 29.7 Å². The average molecular weight is 545 g/mol. The Morgan fingerprint density at radius 2 is 1.77 bits per heavy atom. The first-order valence-corrected chi connectivity index (χ1v) is 13.0. The SMILES string of the molecule is C/C(=C\c1ccccc1C)c1ccc(O)c2c1C[C@H]1C[C@H]3[C@H](N(C)C)C(O)=C(C(N)=O)C(=O)[C@@]3(O)C(O)=C1C2=O. The minimum atomic E-state index is -2.65. The van der Waals surface area contributed by atoms with Crippen molar-refractivity contribution >= 4 is 29.1 Å². The van der Waals surface area contributed by atoms with Gasteiger partial charge in [-0.1, -0.05) is 36.4 Å². The Morgan fingerprint density at radius 1 is 1.10 bits per heavy atom. The number of ketones is 2. The molecule has 0 heterocycles. The predicted octanol–water partition coefficient (Wildman–Crippen LogP) is 2.99. The maximum atomic E-state index is 13.9. The third kappa shape index (κ3) is 3.80. The molecule has 0 saturated carbocycles. The van der Waals surface area contributed by atoms with Crippen molar-refractivity contribution < 1.29 is 34.8 Å². The number of fused-ring (bicyclic) bond motifs is 3. The van der Waals surface area contributed by atoms with Gasteiger partial charge in [-0.2, -0.15) is 0 Å². The number of hydrogen-bond acceptors (Lipinski definition) is 8. The molecule has 0 spiro atoms. The molecule has 2 aromatic rings. The molecule has 0 aliphatic heterocycles. The lowest BCUT2D eigenvalue weighted by atomic mass is 9.58. The molecular formula is C31H32N2O7. The van der Waals surface area contributed by atoms with Gasteiger partial charge in [0, 0.05) is 11.5 Å². The summed E-state index contributed by atoms with van der Waals surface area (Å²) in [6.07, 6.45) is 2.28. The number of aryl methyl sites for hydroxylation is 1. The van der Waals surface area contributed by atoms with Crippen LogP contribution in [0.4, 0.5) is 0 Å². The molecule has 2 aromatic carbocycles. The number of aliphatic hydroxyl groups excluding tert-OH is 2. The molecule has 3 aliphatic carbocycles. The predicted molar refractivity (Wildman–Crippen MR) is 148 cm³/mol. The first-order valence-electron chi connectivity index (χ1n) is 13.0. The van der Waals surface area contributed by atoms with Crippen LogP contribution in [0.15, 0.2) is 59.1 Å². The van der Waals surface area contributed by atoms with Crippen LogP contribution in [0.1, 0.15) is 46.0 Å². The molecule has 1 amide bonds. The normalized spacial score (nSPS) is 26.6. The summed E-state index contributed by atoms with van der Waals surface area (Å²) in [6.45, 7) is 3.92. The number of primary amides is 1. The zero-order chi connectivity index (χ0) is 29.3. The monoisotopic (exact) mass is 544 g/mol. The number of phenolic OH excluding ortho intramolecular Hbond substituents is 1. The quantitative estimate of drug-likeness (QED) is 0.290. The molecule has 6 N–H and O–H groups in total. The fraction of sp³-hybridized carbons (Fsp3) is 0.323. The smallest absolute Gasteiger partial charge is 0.255 e. The Morgan fingerprint density at radius 3 is 2.40 bits per heavy atom. The number of carbonyl (C=O) groups is 3. The lowest BCUT2D eigenvalue weighted by Crippen LogP contribution is -2.63. The number of aromatic hydroxyl groups is 1. The van der Waals surface area contributed by atoms with E-state index in [0.717, 1.165) is 22.3 Å². The summed E-state index contributed by atoms with van der Waals surface area (Å²) >= 11 is 0. The summed E-state index contributed by atoms with van der Waals surface area (Å²) in [5.74, 6) is -6.64. The fourth-order valence-corrected chi connectivity index (χ4v) is 6.68. The zero-order valence-corrected chi connectivity index (χ0v) is 22.7. The number of Topliss-reactive ketones (excluding diaryl/α,β-unsaturated/α-hetero) is 2. The van der Waals surface area contributed by atoms with Gasteiger partial charge in [0.25, 0.3) is 5.91 Å². The molecule has 0 fully saturated rings. The molecule has 4 atom stereocenters. The van der Waals surface area contributed by atoms with E-state index in [4.69, 9.17) is 5.73 Å². The van der Waals surface area contributed by atoms with Gasteiger partial charge in [0.2, 0.25) is 5.78 Å². The molecule has 9 nitrogen and oxygen atoms in total. The Kier molecular flexibility index (Phi) is 6.47. The third-order valence-electron chi connectivity index (χ3n) is 8.59. The van der Waals surface area contributed by atoms with Crippen LogP contribution in [0.25, 0.3) is 11.6 Å². The first-order chi connectivity index (χ1) is 18.8. The lowest BCUT2D eigenvalue weighted by molar-refractivity contribution is -0.148. The summed E-state index contributed by atoms with van der Waals surface area (Å²) in [6, 6.07) is 10.0. The van der Waals surface area contributed by atoms with E-state index in [1.54, 1.807) is 20.2 Å². The van der Waals surface area contributed by atoms with E-state index >= 15 is 0 Å². The van der Waals surface area contributed by atoms with Gasteiger partial charge in [-0.15, -0.1) is 0 Å². The van der Waals surface area contributed by atoms with Crippen molar-refractivity contribution in [3.05, 3.63) is 86.9 Å². The molecule has 5 rings (SSSR count). The zero-order valence-electron chi connectivity index (χ0n) is 22.7. The molecule has 0 aromatic heterocycles. The minimum Gasteiger partial charge on any atom is -0.510 e. The van der Waals surface area contributed by atoms with E-state index in [1.165, 1.54) is 11.0 Å². The van der Waals surface area contributed by atoms with Crippen LogP contribution < -0.4 is 5.73 Å². The standard InChI is InChI=1S/C31H32N2O7/c1-14-7-5-6-8-16(14)11-15(2)18-9-10-21(34)23-19(18)12-17-13-20-25(33(3)4)27(36)24(30(32)39)29(38)31(20,40)28(37)22(17)26(23)35/h5-11,17,20,25,34,36-37,40H,12-13H2,1-4H3,(H2,32,39)/b15-11+/t17-,20-,25-,31-/m0/s1. The first kappa shape index (κ1) is 27.4. The summed E-state index contributed by atoms with van der Waals surface area (Å²) in [7, 11) is 3.20. The van der Waals surface area contributed by atoms with Crippen molar-refractivity contribution in [3.8, 4) is 5.75 Å². The van der Waals surface area contributed by atoms with E-state index in [2.05, 4.69) is 0 Å². The molecule has 0 saturated heterocycles. The number of aliphatic hydroxyl groups is 3. The number of rotatable bonds is 4. The van der Waals surface area contributed by atoms with Crippen molar-refractivity contribution in [2.45, 2.75) is 38.3 Å². The largest absolute Gasteiger partial charge is 0.510 e. The summed E-state index contributed by atoms with van der Waals surface area (Å²) in [5.41, 5.74) is 6.03. The highest BCUT2D eigenvalue weighted by molar-refractivity contribution is 6.24. The molecule has 40 heavy (non-hydrogen) atoms. The number of amides is 1. The van der Waals surface area contributed by atoms with Crippen molar-refractivity contribution in [1.29, 1.82) is 0 Å². The van der Waals surface area contributed by atoms with E-state index in [9.17, 15) is 34.8 Å². The molecule has 3 aliphatic rings. The molecule has 208 valence electrons. The molecule has 0 radical (unpaired) electrons. The summed E-state index contributed by atoms with van der Waals surface area (Å²) in [5, 5.41) is 44.8. The van der Waals surface area contributed by atoms with Crippen LogP contribution in [0.2, 0.25) is 0 Å². The topological polar surface area (TPSA) is 161 Å². The maximum absolute atomic E-state index is 13.9. The van der Waals surface area contributed by atoms with Gasteiger partial charge < -0.3 is 26.2 Å². The number of hydrogen-bond donors (Lipinski definition) is 5. The molecule has 9 heteroatoms. The van der Waals surface area contributed by atoms with Crippen LogP contribution in [0.3, 0.4) is 0 Å². The van der Waals surface area contributed by atoms with Crippen molar-refractivity contribution in [2.75, 3.05) is 14.1 Å². The summed E-state index contributed by atoms with van der Waals surface area (Å²) in [4.78, 5) is 41.0. The maximum Gasteiger partial charge on any atom is 0.255 e. The van der Waals surface area contributed by atoms with E-state index in [0.29, 0.717) is 5.56 Å². The number of allylic oxidation sites excluding steroid dienone is 2. The number of nitrogens with zero attached hydrogens (tertiary/aromatic N) is 1. The number of phenols is 1. The molecule has 0 unspecified atom stereocenters. The van der Waals surface area contributed by atoms with E-state index in [1.807, 2.05) is 44.2 Å². The molecule has 0 bridgehead atoms. The third-order valence-corrected chi connectivity index (χ3v) is 8.59. The highest BCUT2D eigenvalue weighted by Gasteiger charge is 2.63. The van der Waals surface area contributed by atoms with Gasteiger partial charge in [0.1, 0.15) is 22.8 Å². The minimum absolute atomic E-state index is 0.00387. The van der Waals surface area contributed by atoms with Crippen molar-refractivity contribution in [3.63, 3.8) is 0 Å². The van der Waals surface area contributed by atoms with Gasteiger partial charge in [-0.25, -0.2) is 0 Å². The Balaban J connectivity index is 1.69. The Hall–Kier alpha value is -4.21. The van der Waals surface area contributed by atoms with Crippen LogP contribution in [0.5, 0.6) is 5.75 Å². The number of likely N-dealkylation sites (N-methyl/N-ethyl adjacent to an activating group) is 1. The second-order valence-corrected chi connectivity index (χ2v) is 11.1. The average Bonchev–Trinajstić information content (AvgIpc) is 2.87. The van der Waals surface area contributed by atoms with Gasteiger partial charge in [0.15, 0.2) is 11.4 Å². The highest BCUT2D eigenvalue weighted by Crippen LogP contribution is 2.52. The lowest BCUT2D eigenvalue weighted by Gasteiger charge is -2.50. The van der Waals surface area contributed by atoms with Gasteiger partial charge in [-0.05, 0) is 80.6 Å². The number of benzene rings is 2. The van der Waals surface area contributed by atoms with Crippen molar-refractivity contribution in [1.82, 2.24) is 4.90 Å². The second kappa shape index (κ2) is 9.46. The number of carbonyl (C=O) groups excluding carboxylic acids is 3. The van der Waals surface area contributed by atoms with Gasteiger partial charge >= 0.3 is 0 Å². The van der Waals surface area contributed by atoms with Crippen molar-refractivity contribution in [2.24, 2.45) is 17.6 Å². The van der Waals surface area contributed by atoms with Crippen LogP contribution in [0, 0.1) is 18.8 Å². The van der Waals surface area contributed by atoms with Gasteiger partial charge in [-0.3, -0.25) is 19.3 Å². The second-order valence-electron chi connectivity index (χ2n) is 11.1. The van der Waals surface area contributed by atoms with Crippen LogP contribution in [-0.2, 0) is 16.0 Å². The van der Waals surface area contributed by atoms with Gasteiger partial charge in [0.05, 0.1) is 11.6 Å². The van der Waals surface area contributed by atoms with E-state index < -0.39 is 58.0 Å². The Bertz CT molecular complexity index is 1580. The Labute approximate surface area is 231 Å².